The van der Waals surface area contributed by atoms with E-state index in [-0.39, 0.29) is 37.3 Å². The zero-order valence-electron chi connectivity index (χ0n) is 20.2. The summed E-state index contributed by atoms with van der Waals surface area (Å²) in [4.78, 5) is 59.7. The highest BCUT2D eigenvalue weighted by Crippen LogP contribution is 2.11. The molecule has 1 rings (SSSR count). The molecule has 0 bridgehead atoms. The van der Waals surface area contributed by atoms with Crippen molar-refractivity contribution in [2.75, 3.05) is 17.2 Å². The van der Waals surface area contributed by atoms with E-state index >= 15 is 0 Å². The van der Waals surface area contributed by atoms with Gasteiger partial charge in [-0.15, -0.1) is 0 Å². The predicted molar refractivity (Wildman–Crippen MR) is 133 cm³/mol. The highest BCUT2D eigenvalue weighted by Gasteiger charge is 2.27. The monoisotopic (exact) mass is 556 g/mol. The number of benzene rings is 1. The molecule has 0 spiro atoms. The van der Waals surface area contributed by atoms with Gasteiger partial charge < -0.3 is 31.1 Å². The second-order valence-electron chi connectivity index (χ2n) is 8.36. The molecule has 194 valence electrons. The summed E-state index contributed by atoms with van der Waals surface area (Å²) in [6.07, 6.45) is -1.37. The third kappa shape index (κ3) is 11.2. The molecule has 12 heteroatoms. The van der Waals surface area contributed by atoms with E-state index in [0.717, 1.165) is 0 Å². The van der Waals surface area contributed by atoms with Crippen LogP contribution < -0.4 is 21.3 Å². The van der Waals surface area contributed by atoms with Crippen molar-refractivity contribution in [3.63, 3.8) is 0 Å². The van der Waals surface area contributed by atoms with Crippen molar-refractivity contribution >= 4 is 51.4 Å². The summed E-state index contributed by atoms with van der Waals surface area (Å²) in [6, 6.07) is 4.64. The van der Waals surface area contributed by atoms with Gasteiger partial charge in [-0.1, -0.05) is 48.8 Å². The van der Waals surface area contributed by atoms with Crippen LogP contribution in [0, 0.1) is 11.8 Å². The fourth-order valence-electron chi connectivity index (χ4n) is 2.77. The van der Waals surface area contributed by atoms with Crippen LogP contribution in [-0.4, -0.2) is 58.8 Å². The SMILES string of the molecule is CC(CBr)C(=O)NCCC(=O)N[C@H](C(=O)N[C@@H](C)C(=O)Nc1ccc(COC(=O)O)cc1)C(C)C. The minimum Gasteiger partial charge on any atom is -0.450 e. The topological polar surface area (TPSA) is 163 Å². The molecule has 0 aliphatic carbocycles. The molecule has 0 saturated heterocycles. The first-order valence-corrected chi connectivity index (χ1v) is 12.3. The van der Waals surface area contributed by atoms with Crippen LogP contribution >= 0.6 is 15.9 Å². The van der Waals surface area contributed by atoms with E-state index in [0.29, 0.717) is 16.6 Å². The Morgan fingerprint density at radius 1 is 0.943 bits per heavy atom. The van der Waals surface area contributed by atoms with Crippen molar-refractivity contribution in [2.45, 2.75) is 52.8 Å². The molecule has 1 unspecified atom stereocenters. The van der Waals surface area contributed by atoms with Crippen molar-refractivity contribution in [1.29, 1.82) is 0 Å². The van der Waals surface area contributed by atoms with Gasteiger partial charge in [0.1, 0.15) is 18.7 Å². The van der Waals surface area contributed by atoms with E-state index in [1.165, 1.54) is 6.92 Å². The van der Waals surface area contributed by atoms with Crippen LogP contribution in [0.25, 0.3) is 0 Å². The summed E-state index contributed by atoms with van der Waals surface area (Å²) in [7, 11) is 0. The number of anilines is 1. The highest BCUT2D eigenvalue weighted by atomic mass is 79.9. The first-order chi connectivity index (χ1) is 16.4. The standard InChI is InChI=1S/C23H33BrN4O7/c1-13(2)19(28-18(29)9-10-25-20(30)14(3)11-24)22(32)26-15(4)21(31)27-17-7-5-16(6-8-17)12-35-23(33)34/h5-8,13-15,19H,9-12H2,1-4H3,(H,25,30)(H,26,32)(H,27,31)(H,28,29)(H,33,34)/t14?,15-,19-/m0/s1. The van der Waals surface area contributed by atoms with E-state index < -0.39 is 36.0 Å². The Balaban J connectivity index is 2.57. The molecule has 0 saturated carbocycles. The number of rotatable bonds is 13. The molecule has 35 heavy (non-hydrogen) atoms. The van der Waals surface area contributed by atoms with Gasteiger partial charge in [-0.3, -0.25) is 19.2 Å². The highest BCUT2D eigenvalue weighted by molar-refractivity contribution is 9.09. The van der Waals surface area contributed by atoms with E-state index in [9.17, 15) is 24.0 Å². The maximum absolute atomic E-state index is 12.7. The first kappa shape index (κ1) is 29.9. The number of carboxylic acid groups (broad SMARTS) is 1. The number of amides is 4. The van der Waals surface area contributed by atoms with Crippen LogP contribution in [0.5, 0.6) is 0 Å². The molecule has 0 heterocycles. The Bertz CT molecular complexity index is 892. The molecular formula is C23H33BrN4O7. The minimum atomic E-state index is -1.38. The maximum Gasteiger partial charge on any atom is 0.506 e. The molecule has 0 fully saturated rings. The van der Waals surface area contributed by atoms with Crippen LogP contribution in [0.4, 0.5) is 10.5 Å². The van der Waals surface area contributed by atoms with Gasteiger partial charge in [0.15, 0.2) is 0 Å². The molecular weight excluding hydrogens is 524 g/mol. The molecule has 0 aromatic heterocycles. The van der Waals surface area contributed by atoms with Gasteiger partial charge in [0, 0.05) is 29.9 Å². The van der Waals surface area contributed by atoms with Crippen molar-refractivity contribution in [2.24, 2.45) is 11.8 Å². The van der Waals surface area contributed by atoms with Gasteiger partial charge in [0.05, 0.1) is 0 Å². The second kappa shape index (κ2) is 15.0. The molecule has 0 radical (unpaired) electrons. The molecule has 11 nitrogen and oxygen atoms in total. The lowest BCUT2D eigenvalue weighted by Crippen LogP contribution is -2.54. The molecule has 4 amide bonds. The van der Waals surface area contributed by atoms with Crippen LogP contribution in [-0.2, 0) is 30.5 Å². The fraction of sp³-hybridized carbons (Fsp3) is 0.522. The first-order valence-electron chi connectivity index (χ1n) is 11.1. The number of carbonyl (C=O) groups is 5. The van der Waals surface area contributed by atoms with Crippen molar-refractivity contribution < 1.29 is 33.8 Å². The zero-order chi connectivity index (χ0) is 26.5. The Hall–Kier alpha value is -3.15. The van der Waals surface area contributed by atoms with Crippen LogP contribution in [0.15, 0.2) is 24.3 Å². The van der Waals surface area contributed by atoms with Gasteiger partial charge in [-0.25, -0.2) is 4.79 Å². The summed E-state index contributed by atoms with van der Waals surface area (Å²) in [5, 5.41) is 19.6. The molecule has 0 aliphatic heterocycles. The Labute approximate surface area is 212 Å². The van der Waals surface area contributed by atoms with Crippen molar-refractivity contribution in [3.05, 3.63) is 29.8 Å². The lowest BCUT2D eigenvalue weighted by molar-refractivity contribution is -0.132. The number of alkyl halides is 1. The summed E-state index contributed by atoms with van der Waals surface area (Å²) < 4.78 is 4.48. The fourth-order valence-corrected chi connectivity index (χ4v) is 3.07. The number of halogens is 1. The smallest absolute Gasteiger partial charge is 0.450 e. The largest absolute Gasteiger partial charge is 0.506 e. The maximum atomic E-state index is 12.7. The summed E-state index contributed by atoms with van der Waals surface area (Å²) in [5.41, 5.74) is 1.07. The summed E-state index contributed by atoms with van der Waals surface area (Å²) >= 11 is 3.23. The minimum absolute atomic E-state index is 0.0147. The zero-order valence-corrected chi connectivity index (χ0v) is 21.8. The predicted octanol–water partition coefficient (Wildman–Crippen LogP) is 2.00. The molecule has 5 N–H and O–H groups in total. The average Bonchev–Trinajstić information content (AvgIpc) is 2.80. The molecule has 3 atom stereocenters. The van der Waals surface area contributed by atoms with Gasteiger partial charge in [0.2, 0.25) is 23.6 Å². The van der Waals surface area contributed by atoms with Crippen LogP contribution in [0.2, 0.25) is 0 Å². The van der Waals surface area contributed by atoms with E-state index in [1.54, 1.807) is 45.0 Å². The number of carbonyl (C=O) groups excluding carboxylic acids is 4. The Morgan fingerprint density at radius 3 is 2.11 bits per heavy atom. The van der Waals surface area contributed by atoms with Gasteiger partial charge in [-0.2, -0.15) is 0 Å². The molecule has 1 aromatic carbocycles. The number of ether oxygens (including phenoxy) is 1. The number of nitrogens with one attached hydrogen (secondary N) is 4. The normalized spacial score (nSPS) is 13.2. The molecule has 1 aromatic rings. The summed E-state index contributed by atoms with van der Waals surface area (Å²) in [6.45, 7) is 6.85. The quantitative estimate of drug-likeness (QED) is 0.183. The van der Waals surface area contributed by atoms with E-state index in [2.05, 4.69) is 41.9 Å². The molecule has 0 aliphatic rings. The second-order valence-corrected chi connectivity index (χ2v) is 9.00. The van der Waals surface area contributed by atoms with Crippen molar-refractivity contribution in [3.8, 4) is 0 Å². The van der Waals surface area contributed by atoms with E-state index in [1.807, 2.05) is 0 Å². The van der Waals surface area contributed by atoms with Gasteiger partial charge in [0.25, 0.3) is 0 Å². The number of hydrogen-bond acceptors (Lipinski definition) is 6. The third-order valence-electron chi connectivity index (χ3n) is 4.93. The van der Waals surface area contributed by atoms with Gasteiger partial charge >= 0.3 is 6.16 Å². The third-order valence-corrected chi connectivity index (χ3v) is 5.90. The van der Waals surface area contributed by atoms with Crippen molar-refractivity contribution in [1.82, 2.24) is 16.0 Å². The number of hydrogen-bond donors (Lipinski definition) is 5. The Morgan fingerprint density at radius 2 is 1.57 bits per heavy atom. The van der Waals surface area contributed by atoms with Crippen LogP contribution in [0.3, 0.4) is 0 Å². The lowest BCUT2D eigenvalue weighted by atomic mass is 10.0. The summed E-state index contributed by atoms with van der Waals surface area (Å²) in [5.74, 6) is -1.99. The Kier molecular flexibility index (Phi) is 12.8. The average molecular weight is 557 g/mol. The van der Waals surface area contributed by atoms with E-state index in [4.69, 9.17) is 5.11 Å². The lowest BCUT2D eigenvalue weighted by Gasteiger charge is -2.24. The van der Waals surface area contributed by atoms with Crippen LogP contribution in [0.1, 0.15) is 39.7 Å². The van der Waals surface area contributed by atoms with Gasteiger partial charge in [-0.05, 0) is 30.5 Å².